The van der Waals surface area contributed by atoms with Gasteiger partial charge in [-0.25, -0.2) is 0 Å². The molecule has 3 rings (SSSR count). The Labute approximate surface area is 121 Å². The minimum atomic E-state index is 0.495. The highest BCUT2D eigenvalue weighted by molar-refractivity contribution is 5.29. The zero-order valence-corrected chi connectivity index (χ0v) is 12.4. The molecular formula is C17H23N3. The average Bonchev–Trinajstić information content (AvgIpc) is 2.86. The van der Waals surface area contributed by atoms with E-state index in [1.54, 1.807) is 0 Å². The van der Waals surface area contributed by atoms with Crippen LogP contribution in [0.2, 0.25) is 0 Å². The largest absolute Gasteiger partial charge is 0.310 e. The van der Waals surface area contributed by atoms with Crippen molar-refractivity contribution in [3.8, 4) is 0 Å². The van der Waals surface area contributed by atoms with E-state index in [4.69, 9.17) is 0 Å². The summed E-state index contributed by atoms with van der Waals surface area (Å²) >= 11 is 0. The van der Waals surface area contributed by atoms with Gasteiger partial charge in [0.05, 0.1) is 12.7 Å². The third-order valence-corrected chi connectivity index (χ3v) is 4.29. The van der Waals surface area contributed by atoms with Gasteiger partial charge in [-0.15, -0.1) is 0 Å². The molecule has 0 aliphatic heterocycles. The van der Waals surface area contributed by atoms with E-state index in [0.29, 0.717) is 6.04 Å². The van der Waals surface area contributed by atoms with Gasteiger partial charge < -0.3 is 5.32 Å². The zero-order valence-electron chi connectivity index (χ0n) is 12.4. The average molecular weight is 269 g/mol. The van der Waals surface area contributed by atoms with Crippen LogP contribution in [0.5, 0.6) is 0 Å². The molecule has 0 amide bonds. The minimum absolute atomic E-state index is 0.495. The summed E-state index contributed by atoms with van der Waals surface area (Å²) in [4.78, 5) is 0. The van der Waals surface area contributed by atoms with Gasteiger partial charge in [0.25, 0.3) is 0 Å². The first-order valence-corrected chi connectivity index (χ1v) is 7.62. The molecule has 0 saturated heterocycles. The predicted octanol–water partition coefficient (Wildman–Crippen LogP) is 3.23. The first kappa shape index (κ1) is 13.4. The fourth-order valence-corrected chi connectivity index (χ4v) is 3.16. The first-order chi connectivity index (χ1) is 9.79. The molecular weight excluding hydrogens is 246 g/mol. The molecule has 3 heteroatoms. The quantitative estimate of drug-likeness (QED) is 0.923. The Balaban J connectivity index is 1.87. The van der Waals surface area contributed by atoms with E-state index in [1.165, 1.54) is 35.2 Å². The summed E-state index contributed by atoms with van der Waals surface area (Å²) in [5.74, 6) is 0. The number of hydrogen-bond acceptors (Lipinski definition) is 2. The molecule has 20 heavy (non-hydrogen) atoms. The molecule has 2 aromatic rings. The molecule has 1 N–H and O–H groups in total. The zero-order chi connectivity index (χ0) is 13.9. The lowest BCUT2D eigenvalue weighted by Crippen LogP contribution is -2.25. The molecule has 1 heterocycles. The van der Waals surface area contributed by atoms with Gasteiger partial charge in [0, 0.05) is 17.3 Å². The van der Waals surface area contributed by atoms with Crippen molar-refractivity contribution in [1.82, 2.24) is 15.1 Å². The molecule has 1 aromatic heterocycles. The van der Waals surface area contributed by atoms with Gasteiger partial charge in [0.1, 0.15) is 0 Å². The third-order valence-electron chi connectivity index (χ3n) is 4.29. The van der Waals surface area contributed by atoms with Gasteiger partial charge in [-0.3, -0.25) is 4.68 Å². The van der Waals surface area contributed by atoms with Gasteiger partial charge in [0.2, 0.25) is 0 Å². The number of rotatable bonds is 4. The Hall–Kier alpha value is -1.61. The fourth-order valence-electron chi connectivity index (χ4n) is 3.16. The molecule has 106 valence electrons. The Morgan fingerprint density at radius 2 is 2.20 bits per heavy atom. The number of benzene rings is 1. The Bertz CT molecular complexity index is 586. The van der Waals surface area contributed by atoms with Gasteiger partial charge in [-0.1, -0.05) is 31.2 Å². The summed E-state index contributed by atoms with van der Waals surface area (Å²) in [7, 11) is 0. The topological polar surface area (TPSA) is 29.9 Å². The molecule has 1 aliphatic rings. The van der Waals surface area contributed by atoms with E-state index in [2.05, 4.69) is 59.4 Å². The van der Waals surface area contributed by atoms with Crippen LogP contribution in [0.1, 0.15) is 48.2 Å². The summed E-state index contributed by atoms with van der Waals surface area (Å²) < 4.78 is 2.20. The number of aryl methyl sites for hydroxylation is 1. The first-order valence-electron chi connectivity index (χ1n) is 7.62. The van der Waals surface area contributed by atoms with E-state index in [0.717, 1.165) is 19.5 Å². The Kier molecular flexibility index (Phi) is 3.88. The van der Waals surface area contributed by atoms with Gasteiger partial charge in [0.15, 0.2) is 0 Å². The van der Waals surface area contributed by atoms with Crippen LogP contribution in [-0.4, -0.2) is 16.3 Å². The maximum atomic E-state index is 4.64. The van der Waals surface area contributed by atoms with E-state index in [-0.39, 0.29) is 0 Å². The van der Waals surface area contributed by atoms with E-state index in [9.17, 15) is 0 Å². The second-order valence-electron chi connectivity index (χ2n) is 5.63. The SMILES string of the molecule is CCNC1CCCc2c1cnn2Cc1ccccc1C. The van der Waals surface area contributed by atoms with Crippen LogP contribution < -0.4 is 5.32 Å². The monoisotopic (exact) mass is 269 g/mol. The molecule has 0 bridgehead atoms. The molecule has 0 saturated carbocycles. The van der Waals surface area contributed by atoms with Crippen LogP contribution in [0, 0.1) is 6.92 Å². The molecule has 3 nitrogen and oxygen atoms in total. The van der Waals surface area contributed by atoms with Crippen molar-refractivity contribution in [1.29, 1.82) is 0 Å². The van der Waals surface area contributed by atoms with Crippen LogP contribution in [0.4, 0.5) is 0 Å². The van der Waals surface area contributed by atoms with Crippen LogP contribution in [-0.2, 0) is 13.0 Å². The molecule has 0 fully saturated rings. The summed E-state index contributed by atoms with van der Waals surface area (Å²) in [5, 5.41) is 8.22. The highest BCUT2D eigenvalue weighted by atomic mass is 15.3. The molecule has 1 aromatic carbocycles. The molecule has 1 unspecified atom stereocenters. The smallest absolute Gasteiger partial charge is 0.0665 e. The van der Waals surface area contributed by atoms with Gasteiger partial charge in [-0.05, 0) is 43.9 Å². The lowest BCUT2D eigenvalue weighted by atomic mass is 9.93. The number of aromatic nitrogens is 2. The summed E-state index contributed by atoms with van der Waals surface area (Å²) in [6.07, 6.45) is 5.71. The van der Waals surface area contributed by atoms with E-state index >= 15 is 0 Å². The fraction of sp³-hybridized carbons (Fsp3) is 0.471. The van der Waals surface area contributed by atoms with Crippen LogP contribution in [0.3, 0.4) is 0 Å². The van der Waals surface area contributed by atoms with E-state index in [1.807, 2.05) is 0 Å². The number of nitrogens with zero attached hydrogens (tertiary/aromatic N) is 2. The highest BCUT2D eigenvalue weighted by Gasteiger charge is 2.23. The predicted molar refractivity (Wildman–Crippen MR) is 81.9 cm³/mol. The molecule has 1 atom stereocenters. The van der Waals surface area contributed by atoms with Gasteiger partial charge >= 0.3 is 0 Å². The second-order valence-corrected chi connectivity index (χ2v) is 5.63. The van der Waals surface area contributed by atoms with Crippen molar-refractivity contribution in [3.05, 3.63) is 52.8 Å². The maximum absolute atomic E-state index is 4.64. The van der Waals surface area contributed by atoms with Crippen molar-refractivity contribution in [2.24, 2.45) is 0 Å². The number of hydrogen-bond donors (Lipinski definition) is 1. The van der Waals surface area contributed by atoms with Crippen LogP contribution in [0.25, 0.3) is 0 Å². The van der Waals surface area contributed by atoms with Crippen molar-refractivity contribution in [2.45, 2.75) is 45.7 Å². The molecule has 1 aliphatic carbocycles. The van der Waals surface area contributed by atoms with Crippen molar-refractivity contribution >= 4 is 0 Å². The second kappa shape index (κ2) is 5.80. The highest BCUT2D eigenvalue weighted by Crippen LogP contribution is 2.29. The standard InChI is InChI=1S/C17H23N3/c1-3-18-16-9-6-10-17-15(16)11-19-20(17)12-14-8-5-4-7-13(14)2/h4-5,7-8,11,16,18H,3,6,9-10,12H2,1-2H3. The van der Waals surface area contributed by atoms with Crippen molar-refractivity contribution < 1.29 is 0 Å². The number of nitrogens with one attached hydrogen (secondary N) is 1. The van der Waals surface area contributed by atoms with Crippen LogP contribution in [0.15, 0.2) is 30.5 Å². The molecule has 0 spiro atoms. The summed E-state index contributed by atoms with van der Waals surface area (Å²) in [6, 6.07) is 9.08. The lowest BCUT2D eigenvalue weighted by Gasteiger charge is -2.24. The number of fused-ring (bicyclic) bond motifs is 1. The normalized spacial score (nSPS) is 18.0. The van der Waals surface area contributed by atoms with Gasteiger partial charge in [-0.2, -0.15) is 5.10 Å². The Morgan fingerprint density at radius 3 is 3.00 bits per heavy atom. The Morgan fingerprint density at radius 1 is 1.35 bits per heavy atom. The van der Waals surface area contributed by atoms with E-state index < -0.39 is 0 Å². The third kappa shape index (κ3) is 2.50. The van der Waals surface area contributed by atoms with Crippen molar-refractivity contribution in [2.75, 3.05) is 6.54 Å². The lowest BCUT2D eigenvalue weighted by molar-refractivity contribution is 0.460. The van der Waals surface area contributed by atoms with Crippen LogP contribution >= 0.6 is 0 Å². The summed E-state index contributed by atoms with van der Waals surface area (Å²) in [6.45, 7) is 6.26. The maximum Gasteiger partial charge on any atom is 0.0665 e. The van der Waals surface area contributed by atoms with Crippen molar-refractivity contribution in [3.63, 3.8) is 0 Å². The summed E-state index contributed by atoms with van der Waals surface area (Å²) in [5.41, 5.74) is 5.54. The minimum Gasteiger partial charge on any atom is -0.310 e. The molecule has 0 radical (unpaired) electrons.